The normalized spacial score (nSPS) is 7.93. The number of carbonyl (C=O) groups excluding carboxylic acids is 2. The van der Waals surface area contributed by atoms with E-state index in [0.717, 1.165) is 0 Å². The Hall–Kier alpha value is -1.58. The van der Waals surface area contributed by atoms with Gasteiger partial charge in [0.2, 0.25) is 5.91 Å². The van der Waals surface area contributed by atoms with Gasteiger partial charge in [-0.1, -0.05) is 13.2 Å². The zero-order valence-corrected chi connectivity index (χ0v) is 8.92. The Kier molecular flexibility index (Phi) is 8.57. The van der Waals surface area contributed by atoms with Gasteiger partial charge >= 0.3 is 5.97 Å². The quantitative estimate of drug-likeness (QED) is 0.548. The molecule has 0 rings (SSSR count). The molecule has 14 heavy (non-hydrogen) atoms. The molecule has 0 radical (unpaired) electrons. The van der Waals surface area contributed by atoms with Crippen LogP contribution in [0.3, 0.4) is 0 Å². The molecule has 0 heterocycles. The minimum Gasteiger partial charge on any atom is -0.463 e. The zero-order valence-electron chi connectivity index (χ0n) is 8.92. The van der Waals surface area contributed by atoms with Crippen molar-refractivity contribution in [2.24, 2.45) is 5.73 Å². The van der Waals surface area contributed by atoms with Crippen LogP contribution in [0, 0.1) is 0 Å². The third kappa shape index (κ3) is 10.4. The number of ether oxygens (including phenoxy) is 1. The molecule has 0 saturated carbocycles. The molecule has 0 aliphatic rings. The van der Waals surface area contributed by atoms with Crippen LogP contribution in [-0.4, -0.2) is 18.5 Å². The molecule has 0 fully saturated rings. The average molecular weight is 199 g/mol. The highest BCUT2D eigenvalue weighted by Crippen LogP contribution is 1.89. The summed E-state index contributed by atoms with van der Waals surface area (Å²) >= 11 is 0. The van der Waals surface area contributed by atoms with Crippen LogP contribution < -0.4 is 5.73 Å². The lowest BCUT2D eigenvalue weighted by Crippen LogP contribution is -2.10. The standard InChI is InChI=1S/C6H10O2.C4H7NO/c1-4-8-6(7)5(2)3;1-3(2)4(5)6/h2,4H2,1,3H3;1H2,2H3,(H2,5,6). The first kappa shape index (κ1) is 14.9. The Bertz CT molecular complexity index is 232. The first-order chi connectivity index (χ1) is 6.32. The highest BCUT2D eigenvalue weighted by molar-refractivity contribution is 5.90. The molecular formula is C10H17NO3. The maximum absolute atomic E-state index is 10.4. The molecule has 0 aliphatic heterocycles. The molecule has 4 nitrogen and oxygen atoms in total. The number of amides is 1. The molecule has 80 valence electrons. The second-order valence-electron chi connectivity index (χ2n) is 2.65. The van der Waals surface area contributed by atoms with Crippen molar-refractivity contribution in [1.29, 1.82) is 0 Å². The molecule has 4 heteroatoms. The van der Waals surface area contributed by atoms with Gasteiger partial charge < -0.3 is 10.5 Å². The van der Waals surface area contributed by atoms with Gasteiger partial charge in [-0.15, -0.1) is 0 Å². The molecule has 0 saturated heterocycles. The predicted octanol–water partition coefficient (Wildman–Crippen LogP) is 1.17. The second-order valence-corrected chi connectivity index (χ2v) is 2.65. The van der Waals surface area contributed by atoms with E-state index in [4.69, 9.17) is 5.73 Å². The monoisotopic (exact) mass is 199 g/mol. The van der Waals surface area contributed by atoms with E-state index in [1.807, 2.05) is 0 Å². The van der Waals surface area contributed by atoms with Crippen LogP contribution in [0.2, 0.25) is 0 Å². The van der Waals surface area contributed by atoms with Crippen LogP contribution >= 0.6 is 0 Å². The lowest BCUT2D eigenvalue weighted by Gasteiger charge is -1.96. The third-order valence-corrected chi connectivity index (χ3v) is 1.04. The maximum Gasteiger partial charge on any atom is 0.333 e. The molecule has 0 atom stereocenters. The summed E-state index contributed by atoms with van der Waals surface area (Å²) in [6.45, 7) is 12.1. The number of hydrogen-bond donors (Lipinski definition) is 1. The van der Waals surface area contributed by atoms with E-state index in [1.54, 1.807) is 20.8 Å². The van der Waals surface area contributed by atoms with E-state index < -0.39 is 5.91 Å². The second kappa shape index (κ2) is 8.04. The van der Waals surface area contributed by atoms with Crippen molar-refractivity contribution < 1.29 is 14.3 Å². The Balaban J connectivity index is 0. The number of hydrogen-bond acceptors (Lipinski definition) is 3. The summed E-state index contributed by atoms with van der Waals surface area (Å²) < 4.78 is 4.56. The van der Waals surface area contributed by atoms with Crippen LogP contribution in [-0.2, 0) is 14.3 Å². The Morgan fingerprint density at radius 3 is 1.64 bits per heavy atom. The van der Waals surface area contributed by atoms with Crippen molar-refractivity contribution in [3.8, 4) is 0 Å². The van der Waals surface area contributed by atoms with E-state index in [0.29, 0.717) is 17.8 Å². The van der Waals surface area contributed by atoms with E-state index in [9.17, 15) is 9.59 Å². The summed E-state index contributed by atoms with van der Waals surface area (Å²) in [4.78, 5) is 20.2. The van der Waals surface area contributed by atoms with Crippen LogP contribution in [0.25, 0.3) is 0 Å². The van der Waals surface area contributed by atoms with Crippen molar-refractivity contribution in [2.45, 2.75) is 20.8 Å². The Labute approximate surface area is 84.4 Å². The van der Waals surface area contributed by atoms with Crippen LogP contribution in [0.5, 0.6) is 0 Å². The summed E-state index contributed by atoms with van der Waals surface area (Å²) in [7, 11) is 0. The summed E-state index contributed by atoms with van der Waals surface area (Å²) in [5, 5.41) is 0. The van der Waals surface area contributed by atoms with Gasteiger partial charge in [0.25, 0.3) is 0 Å². The predicted molar refractivity (Wildman–Crippen MR) is 55.5 cm³/mol. The van der Waals surface area contributed by atoms with Gasteiger partial charge in [0, 0.05) is 11.1 Å². The highest BCUT2D eigenvalue weighted by Gasteiger charge is 1.98. The van der Waals surface area contributed by atoms with E-state index in [-0.39, 0.29) is 5.97 Å². The molecule has 0 unspecified atom stereocenters. The minimum atomic E-state index is -0.435. The third-order valence-electron chi connectivity index (χ3n) is 1.04. The van der Waals surface area contributed by atoms with Gasteiger partial charge in [-0.3, -0.25) is 4.79 Å². The molecule has 1 amide bonds. The first-order valence-electron chi connectivity index (χ1n) is 4.10. The number of carbonyl (C=O) groups is 2. The molecule has 0 aromatic rings. The van der Waals surface area contributed by atoms with Crippen molar-refractivity contribution in [3.05, 3.63) is 24.3 Å². The Morgan fingerprint density at radius 1 is 1.21 bits per heavy atom. The van der Waals surface area contributed by atoms with Gasteiger partial charge in [-0.25, -0.2) is 4.79 Å². The number of nitrogens with two attached hydrogens (primary N) is 1. The van der Waals surface area contributed by atoms with Crippen LogP contribution in [0.15, 0.2) is 24.3 Å². The Morgan fingerprint density at radius 2 is 1.57 bits per heavy atom. The SMILES string of the molecule is C=C(C)C(=O)OCC.C=C(C)C(N)=O. The van der Waals surface area contributed by atoms with Gasteiger partial charge in [0.05, 0.1) is 6.61 Å². The fourth-order valence-electron chi connectivity index (χ4n) is 0.254. The van der Waals surface area contributed by atoms with E-state index in [2.05, 4.69) is 17.9 Å². The smallest absolute Gasteiger partial charge is 0.333 e. The molecular weight excluding hydrogens is 182 g/mol. The number of rotatable bonds is 3. The van der Waals surface area contributed by atoms with Gasteiger partial charge in [-0.05, 0) is 20.8 Å². The van der Waals surface area contributed by atoms with Crippen molar-refractivity contribution >= 4 is 11.9 Å². The maximum atomic E-state index is 10.4. The molecule has 0 bridgehead atoms. The molecule has 0 aromatic heterocycles. The first-order valence-corrected chi connectivity index (χ1v) is 4.10. The number of primary amides is 1. The average Bonchev–Trinajstić information content (AvgIpc) is 2.05. The van der Waals surface area contributed by atoms with Gasteiger partial charge in [0.1, 0.15) is 0 Å². The van der Waals surface area contributed by atoms with Gasteiger partial charge in [0.15, 0.2) is 0 Å². The van der Waals surface area contributed by atoms with Gasteiger partial charge in [-0.2, -0.15) is 0 Å². The summed E-state index contributed by atoms with van der Waals surface area (Å²) in [6.07, 6.45) is 0. The van der Waals surface area contributed by atoms with E-state index in [1.165, 1.54) is 0 Å². The lowest BCUT2D eigenvalue weighted by molar-refractivity contribution is -0.138. The van der Waals surface area contributed by atoms with Crippen LogP contribution in [0.1, 0.15) is 20.8 Å². The minimum absolute atomic E-state index is 0.312. The molecule has 0 aliphatic carbocycles. The zero-order chi connectivity index (χ0) is 11.7. The van der Waals surface area contributed by atoms with Crippen molar-refractivity contribution in [2.75, 3.05) is 6.61 Å². The number of esters is 1. The summed E-state index contributed by atoms with van der Waals surface area (Å²) in [5.41, 5.74) is 5.55. The van der Waals surface area contributed by atoms with Crippen molar-refractivity contribution in [3.63, 3.8) is 0 Å². The molecule has 0 aromatic carbocycles. The van der Waals surface area contributed by atoms with E-state index >= 15 is 0 Å². The highest BCUT2D eigenvalue weighted by atomic mass is 16.5. The van der Waals surface area contributed by atoms with Crippen molar-refractivity contribution in [1.82, 2.24) is 0 Å². The summed E-state index contributed by atoms with van der Waals surface area (Å²) in [5.74, 6) is -0.748. The largest absolute Gasteiger partial charge is 0.463 e. The summed E-state index contributed by atoms with van der Waals surface area (Å²) in [6, 6.07) is 0. The fraction of sp³-hybridized carbons (Fsp3) is 0.400. The van der Waals surface area contributed by atoms with Crippen LogP contribution in [0.4, 0.5) is 0 Å². The molecule has 0 spiro atoms. The lowest BCUT2D eigenvalue weighted by atomic mass is 10.3. The fourth-order valence-corrected chi connectivity index (χ4v) is 0.254. The topological polar surface area (TPSA) is 69.4 Å². The molecule has 2 N–H and O–H groups in total.